The minimum Gasteiger partial charge on any atom is -0.493 e. The van der Waals surface area contributed by atoms with Crippen molar-refractivity contribution in [2.45, 2.75) is 32.1 Å². The van der Waals surface area contributed by atoms with Crippen LogP contribution in [-0.2, 0) is 11.3 Å². The molecule has 10 heteroatoms. The van der Waals surface area contributed by atoms with Crippen LogP contribution in [0.25, 0.3) is 0 Å². The Hall–Kier alpha value is -3.27. The molecule has 2 aromatic carbocycles. The van der Waals surface area contributed by atoms with Crippen molar-refractivity contribution >= 4 is 34.5 Å². The zero-order valence-corrected chi connectivity index (χ0v) is 19.5. The summed E-state index contributed by atoms with van der Waals surface area (Å²) in [6.45, 7) is 3.32. The first-order valence-electron chi connectivity index (χ1n) is 10.5. The summed E-state index contributed by atoms with van der Waals surface area (Å²) in [6, 6.07) is 12.2. The SMILES string of the molecule is CCOC(=O)Nc1ccc(CN2N=C(c3ccc(OCF)c(OC)c3)C(CC)SC2=O)cc1. The zero-order valence-electron chi connectivity index (χ0n) is 18.7. The van der Waals surface area contributed by atoms with Gasteiger partial charge in [0.25, 0.3) is 0 Å². The van der Waals surface area contributed by atoms with Crippen molar-refractivity contribution in [1.82, 2.24) is 5.01 Å². The molecule has 0 radical (unpaired) electrons. The third kappa shape index (κ3) is 6.16. The summed E-state index contributed by atoms with van der Waals surface area (Å²) in [6.07, 6.45) is 0.189. The number of hydrogen-bond acceptors (Lipinski definition) is 7. The number of carbonyl (C=O) groups is 2. The van der Waals surface area contributed by atoms with Crippen LogP contribution < -0.4 is 14.8 Å². The van der Waals surface area contributed by atoms with Crippen molar-refractivity contribution < 1.29 is 28.2 Å². The predicted octanol–water partition coefficient (Wildman–Crippen LogP) is 5.42. The molecule has 1 N–H and O–H groups in total. The maximum atomic E-state index is 12.7. The number of nitrogens with zero attached hydrogens (tertiary/aromatic N) is 2. The van der Waals surface area contributed by atoms with E-state index >= 15 is 0 Å². The van der Waals surface area contributed by atoms with Gasteiger partial charge in [0, 0.05) is 11.3 Å². The lowest BCUT2D eigenvalue weighted by molar-refractivity contribution is 0.168. The van der Waals surface area contributed by atoms with Crippen LogP contribution >= 0.6 is 11.8 Å². The molecule has 33 heavy (non-hydrogen) atoms. The smallest absolute Gasteiger partial charge is 0.411 e. The molecule has 1 heterocycles. The molecule has 8 nitrogen and oxygen atoms in total. The van der Waals surface area contributed by atoms with E-state index in [1.54, 1.807) is 37.3 Å². The number of amides is 2. The predicted molar refractivity (Wildman–Crippen MR) is 126 cm³/mol. The number of carbonyl (C=O) groups excluding carboxylic acids is 2. The van der Waals surface area contributed by atoms with Crippen LogP contribution in [0.2, 0.25) is 0 Å². The maximum Gasteiger partial charge on any atom is 0.411 e. The highest BCUT2D eigenvalue weighted by atomic mass is 32.2. The lowest BCUT2D eigenvalue weighted by Gasteiger charge is -2.28. The summed E-state index contributed by atoms with van der Waals surface area (Å²) in [5.74, 6) is 0.686. The Morgan fingerprint density at radius 1 is 1.18 bits per heavy atom. The van der Waals surface area contributed by atoms with Gasteiger partial charge in [0.1, 0.15) is 0 Å². The molecular formula is C23H26FN3O5S. The number of anilines is 1. The van der Waals surface area contributed by atoms with Gasteiger partial charge in [0.2, 0.25) is 6.86 Å². The van der Waals surface area contributed by atoms with Gasteiger partial charge in [-0.05, 0) is 49.2 Å². The highest BCUT2D eigenvalue weighted by molar-refractivity contribution is 8.14. The van der Waals surface area contributed by atoms with Gasteiger partial charge in [-0.25, -0.2) is 14.2 Å². The molecule has 0 bridgehead atoms. The third-order valence-corrected chi connectivity index (χ3v) is 6.09. The van der Waals surface area contributed by atoms with Gasteiger partial charge >= 0.3 is 11.3 Å². The first-order chi connectivity index (χ1) is 16.0. The van der Waals surface area contributed by atoms with Crippen molar-refractivity contribution in [3.8, 4) is 11.5 Å². The third-order valence-electron chi connectivity index (χ3n) is 4.84. The second kappa shape index (κ2) is 11.6. The van der Waals surface area contributed by atoms with E-state index in [2.05, 4.69) is 10.4 Å². The van der Waals surface area contributed by atoms with E-state index in [1.165, 1.54) is 23.9 Å². The Morgan fingerprint density at radius 3 is 2.58 bits per heavy atom. The number of nitrogens with one attached hydrogen (secondary N) is 1. The number of benzene rings is 2. The van der Waals surface area contributed by atoms with Crippen LogP contribution in [-0.4, -0.2) is 47.9 Å². The second-order valence-electron chi connectivity index (χ2n) is 6.99. The summed E-state index contributed by atoms with van der Waals surface area (Å²) in [5.41, 5.74) is 2.94. The van der Waals surface area contributed by atoms with E-state index in [-0.39, 0.29) is 23.6 Å². The molecule has 2 aromatic rings. The molecule has 0 saturated carbocycles. The highest BCUT2D eigenvalue weighted by Crippen LogP contribution is 2.34. The monoisotopic (exact) mass is 475 g/mol. The minimum absolute atomic E-state index is 0.123. The van der Waals surface area contributed by atoms with Crippen molar-refractivity contribution in [1.29, 1.82) is 0 Å². The first-order valence-corrected chi connectivity index (χ1v) is 11.3. The molecule has 0 spiro atoms. The summed E-state index contributed by atoms with van der Waals surface area (Å²) in [4.78, 5) is 24.3. The van der Waals surface area contributed by atoms with Gasteiger partial charge in [-0.2, -0.15) is 5.10 Å². The fourth-order valence-corrected chi connectivity index (χ4v) is 4.18. The number of hydrazone groups is 1. The lowest BCUT2D eigenvalue weighted by atomic mass is 10.0. The zero-order chi connectivity index (χ0) is 23.8. The number of ether oxygens (including phenoxy) is 3. The summed E-state index contributed by atoms with van der Waals surface area (Å²) in [7, 11) is 1.48. The molecule has 176 valence electrons. The average molecular weight is 476 g/mol. The van der Waals surface area contributed by atoms with E-state index in [9.17, 15) is 14.0 Å². The molecule has 0 saturated heterocycles. The number of rotatable bonds is 9. The Morgan fingerprint density at radius 2 is 1.94 bits per heavy atom. The molecule has 1 aliphatic heterocycles. The van der Waals surface area contributed by atoms with Gasteiger partial charge in [-0.15, -0.1) is 0 Å². The van der Waals surface area contributed by atoms with Crippen molar-refractivity contribution in [3.63, 3.8) is 0 Å². The summed E-state index contributed by atoms with van der Waals surface area (Å²) >= 11 is 1.21. The van der Waals surface area contributed by atoms with Crippen LogP contribution in [0.1, 0.15) is 31.4 Å². The van der Waals surface area contributed by atoms with E-state index in [4.69, 9.17) is 14.2 Å². The molecule has 1 aliphatic rings. The summed E-state index contributed by atoms with van der Waals surface area (Å²) < 4.78 is 27.8. The summed E-state index contributed by atoms with van der Waals surface area (Å²) in [5, 5.41) is 8.42. The van der Waals surface area contributed by atoms with E-state index < -0.39 is 13.0 Å². The second-order valence-corrected chi connectivity index (χ2v) is 8.14. The van der Waals surface area contributed by atoms with E-state index in [0.29, 0.717) is 23.6 Å². The van der Waals surface area contributed by atoms with Gasteiger partial charge in [0.15, 0.2) is 11.5 Å². The molecule has 0 fully saturated rings. The maximum absolute atomic E-state index is 12.7. The standard InChI is InChI=1S/C23H26FN3O5S/c1-4-20-21(16-8-11-18(32-14-24)19(12-16)30-3)26-27(23(29)33-20)13-15-6-9-17(10-7-15)25-22(28)31-5-2/h6-12,20H,4-5,13-14H2,1-3H3,(H,25,28). The average Bonchev–Trinajstić information content (AvgIpc) is 2.82. The van der Waals surface area contributed by atoms with Gasteiger partial charge in [-0.3, -0.25) is 10.1 Å². The molecule has 0 aliphatic carbocycles. The molecule has 1 unspecified atom stereocenters. The van der Waals surface area contributed by atoms with Gasteiger partial charge < -0.3 is 14.2 Å². The van der Waals surface area contributed by atoms with E-state index in [1.807, 2.05) is 19.1 Å². The number of thioether (sulfide) groups is 1. The Balaban J connectivity index is 1.82. The number of methoxy groups -OCH3 is 1. The molecule has 0 aromatic heterocycles. The van der Waals surface area contributed by atoms with Crippen LogP contribution in [0.5, 0.6) is 11.5 Å². The molecule has 1 atom stereocenters. The fourth-order valence-electron chi connectivity index (χ4n) is 3.25. The van der Waals surface area contributed by atoms with Crippen LogP contribution in [0.3, 0.4) is 0 Å². The first kappa shape index (κ1) is 24.4. The lowest BCUT2D eigenvalue weighted by Crippen LogP contribution is -2.34. The Bertz CT molecular complexity index is 1020. The van der Waals surface area contributed by atoms with E-state index in [0.717, 1.165) is 16.8 Å². The van der Waals surface area contributed by atoms with Crippen molar-refractivity contribution in [2.75, 3.05) is 25.9 Å². The Labute approximate surface area is 196 Å². The van der Waals surface area contributed by atoms with Gasteiger partial charge in [-0.1, -0.05) is 30.8 Å². The van der Waals surface area contributed by atoms with Crippen molar-refractivity contribution in [3.05, 3.63) is 53.6 Å². The Kier molecular flexibility index (Phi) is 8.53. The van der Waals surface area contributed by atoms with Crippen LogP contribution in [0, 0.1) is 0 Å². The highest BCUT2D eigenvalue weighted by Gasteiger charge is 2.30. The quantitative estimate of drug-likeness (QED) is 0.521. The van der Waals surface area contributed by atoms with Gasteiger partial charge in [0.05, 0.1) is 31.2 Å². The molecule has 3 rings (SSSR count). The number of halogens is 1. The molecular weight excluding hydrogens is 449 g/mol. The van der Waals surface area contributed by atoms with Crippen molar-refractivity contribution in [2.24, 2.45) is 5.10 Å². The number of hydrogen-bond donors (Lipinski definition) is 1. The minimum atomic E-state index is -0.958. The van der Waals surface area contributed by atoms with Crippen LogP contribution in [0.4, 0.5) is 19.7 Å². The fraction of sp³-hybridized carbons (Fsp3) is 0.348. The topological polar surface area (TPSA) is 89.5 Å². The number of alkyl halides is 1. The largest absolute Gasteiger partial charge is 0.493 e. The van der Waals surface area contributed by atoms with Crippen LogP contribution in [0.15, 0.2) is 47.6 Å². The molecule has 2 amide bonds. The normalized spacial score (nSPS) is 15.6.